The van der Waals surface area contributed by atoms with E-state index >= 15 is 0 Å². The van der Waals surface area contributed by atoms with Gasteiger partial charge >= 0.3 is 5.97 Å². The van der Waals surface area contributed by atoms with E-state index in [9.17, 15) is 4.79 Å². The molecule has 0 bridgehead atoms. The van der Waals surface area contributed by atoms with Gasteiger partial charge in [-0.25, -0.2) is 0 Å². The Hall–Kier alpha value is -2.31. The number of carbonyl (C=O) groups excluding carboxylic acids is 1. The van der Waals surface area contributed by atoms with Gasteiger partial charge in [0.05, 0.1) is 20.8 Å². The van der Waals surface area contributed by atoms with Crippen molar-refractivity contribution in [2.75, 3.05) is 20.8 Å². The lowest BCUT2D eigenvalue weighted by Gasteiger charge is -2.25. The zero-order valence-corrected chi connectivity index (χ0v) is 17.3. The maximum atomic E-state index is 11.4. The van der Waals surface area contributed by atoms with Gasteiger partial charge in [-0.05, 0) is 20.8 Å². The number of benzene rings is 2. The summed E-state index contributed by atoms with van der Waals surface area (Å²) in [6, 6.07) is 7.92. The number of carbonyl (C=O) groups is 1. The highest BCUT2D eigenvalue weighted by molar-refractivity contribution is 5.96. The van der Waals surface area contributed by atoms with Crippen molar-refractivity contribution in [2.24, 2.45) is 0 Å². The summed E-state index contributed by atoms with van der Waals surface area (Å²) in [5.41, 5.74) is 1.78. The van der Waals surface area contributed by atoms with E-state index in [1.165, 1.54) is 6.92 Å². The molecule has 0 N–H and O–H groups in total. The molecule has 0 amide bonds. The van der Waals surface area contributed by atoms with Crippen LogP contribution < -0.4 is 9.47 Å². The lowest BCUT2D eigenvalue weighted by Crippen LogP contribution is -2.21. The minimum absolute atomic E-state index is 0.317. The standard InChI is InChI=1S/C22H28O6/c1-13(27-14(2)23)11-17-19(18-12-26-22(3,4)28-18)21(25-6)16-10-8-7-9-15(16)20(17)24-5/h7-10,13,18H,11-12H2,1-6H3/t13?,18-/m1/s1. The Kier molecular flexibility index (Phi) is 5.82. The van der Waals surface area contributed by atoms with Gasteiger partial charge in [0.25, 0.3) is 0 Å². The maximum absolute atomic E-state index is 11.4. The lowest BCUT2D eigenvalue weighted by atomic mass is 9.91. The Morgan fingerprint density at radius 2 is 1.79 bits per heavy atom. The van der Waals surface area contributed by atoms with Gasteiger partial charge in [0, 0.05) is 35.2 Å². The van der Waals surface area contributed by atoms with Crippen LogP contribution >= 0.6 is 0 Å². The molecule has 1 fully saturated rings. The summed E-state index contributed by atoms with van der Waals surface area (Å²) in [4.78, 5) is 11.4. The Balaban J connectivity index is 2.24. The van der Waals surface area contributed by atoms with Crippen molar-refractivity contribution in [3.05, 3.63) is 35.4 Å². The van der Waals surface area contributed by atoms with Crippen molar-refractivity contribution in [3.63, 3.8) is 0 Å². The third-order valence-corrected chi connectivity index (χ3v) is 4.86. The molecule has 0 spiro atoms. The zero-order chi connectivity index (χ0) is 20.5. The third kappa shape index (κ3) is 3.93. The molecule has 6 heteroatoms. The second-order valence-corrected chi connectivity index (χ2v) is 7.45. The predicted octanol–water partition coefficient (Wildman–Crippen LogP) is 4.18. The van der Waals surface area contributed by atoms with E-state index in [0.717, 1.165) is 33.4 Å². The van der Waals surface area contributed by atoms with E-state index in [-0.39, 0.29) is 18.2 Å². The van der Waals surface area contributed by atoms with Gasteiger partial charge in [-0.15, -0.1) is 0 Å². The summed E-state index contributed by atoms with van der Waals surface area (Å²) in [6.45, 7) is 7.45. The van der Waals surface area contributed by atoms with Crippen LogP contribution in [0.25, 0.3) is 10.8 Å². The fraction of sp³-hybridized carbons (Fsp3) is 0.500. The van der Waals surface area contributed by atoms with E-state index < -0.39 is 5.79 Å². The van der Waals surface area contributed by atoms with E-state index in [2.05, 4.69) is 0 Å². The molecule has 1 aliphatic heterocycles. The number of hydrogen-bond acceptors (Lipinski definition) is 6. The van der Waals surface area contributed by atoms with Gasteiger partial charge in [0.2, 0.25) is 0 Å². The lowest BCUT2D eigenvalue weighted by molar-refractivity contribution is -0.145. The molecule has 2 aromatic carbocycles. The summed E-state index contributed by atoms with van der Waals surface area (Å²) < 4.78 is 29.0. The highest BCUT2D eigenvalue weighted by Gasteiger charge is 2.38. The Labute approximate surface area is 165 Å². The fourth-order valence-corrected chi connectivity index (χ4v) is 3.88. The molecule has 0 aromatic heterocycles. The van der Waals surface area contributed by atoms with Crippen LogP contribution in [0, 0.1) is 0 Å². The normalized spacial score (nSPS) is 19.4. The van der Waals surface area contributed by atoms with E-state index in [4.69, 9.17) is 23.7 Å². The van der Waals surface area contributed by atoms with Gasteiger partial charge in [-0.2, -0.15) is 0 Å². The summed E-state index contributed by atoms with van der Waals surface area (Å²) in [6.07, 6.45) is -0.172. The number of fused-ring (bicyclic) bond motifs is 1. The summed E-state index contributed by atoms with van der Waals surface area (Å²) in [7, 11) is 3.30. The van der Waals surface area contributed by atoms with Crippen molar-refractivity contribution in [1.82, 2.24) is 0 Å². The predicted molar refractivity (Wildman–Crippen MR) is 106 cm³/mol. The molecule has 0 saturated carbocycles. The third-order valence-electron chi connectivity index (χ3n) is 4.86. The van der Waals surface area contributed by atoms with Crippen LogP contribution in [0.1, 0.15) is 44.9 Å². The first-order chi connectivity index (χ1) is 13.3. The van der Waals surface area contributed by atoms with Crippen LogP contribution in [0.5, 0.6) is 11.5 Å². The topological polar surface area (TPSA) is 63.2 Å². The van der Waals surface area contributed by atoms with E-state index in [1.807, 2.05) is 45.0 Å². The average Bonchev–Trinajstić information content (AvgIpc) is 2.99. The quantitative estimate of drug-likeness (QED) is 0.692. The first-order valence-electron chi connectivity index (χ1n) is 9.41. The number of rotatable bonds is 6. The van der Waals surface area contributed by atoms with Gasteiger partial charge in [-0.3, -0.25) is 4.79 Å². The van der Waals surface area contributed by atoms with Crippen molar-refractivity contribution in [1.29, 1.82) is 0 Å². The zero-order valence-electron chi connectivity index (χ0n) is 17.3. The van der Waals surface area contributed by atoms with Crippen LogP contribution in [0.3, 0.4) is 0 Å². The van der Waals surface area contributed by atoms with Gasteiger partial charge in [-0.1, -0.05) is 24.3 Å². The largest absolute Gasteiger partial charge is 0.496 e. The number of ether oxygens (including phenoxy) is 5. The van der Waals surface area contributed by atoms with Gasteiger partial charge < -0.3 is 23.7 Å². The van der Waals surface area contributed by atoms with Crippen LogP contribution in [0.2, 0.25) is 0 Å². The molecule has 2 atom stereocenters. The first-order valence-corrected chi connectivity index (χ1v) is 9.41. The fourth-order valence-electron chi connectivity index (χ4n) is 3.88. The van der Waals surface area contributed by atoms with E-state index in [0.29, 0.717) is 13.0 Å². The Morgan fingerprint density at radius 1 is 1.18 bits per heavy atom. The number of methoxy groups -OCH3 is 2. The Bertz CT molecular complexity index is 873. The molecule has 1 aliphatic rings. The molecule has 2 aromatic rings. The maximum Gasteiger partial charge on any atom is 0.302 e. The van der Waals surface area contributed by atoms with Crippen LogP contribution in [0.4, 0.5) is 0 Å². The molecular formula is C22H28O6. The number of esters is 1. The highest BCUT2D eigenvalue weighted by Crippen LogP contribution is 2.47. The Morgan fingerprint density at radius 3 is 2.29 bits per heavy atom. The van der Waals surface area contributed by atoms with Crippen molar-refractivity contribution < 1.29 is 28.5 Å². The summed E-state index contributed by atoms with van der Waals surface area (Å²) in [5.74, 6) is 0.460. The molecule has 1 unspecified atom stereocenters. The molecule has 152 valence electrons. The first kappa shape index (κ1) is 20.4. The van der Waals surface area contributed by atoms with Crippen molar-refractivity contribution >= 4 is 16.7 Å². The van der Waals surface area contributed by atoms with Crippen LogP contribution in [0.15, 0.2) is 24.3 Å². The molecule has 28 heavy (non-hydrogen) atoms. The SMILES string of the molecule is COc1c(CC(C)OC(C)=O)c([C@H]2COC(C)(C)O2)c(OC)c2ccccc12. The minimum atomic E-state index is -0.687. The smallest absolute Gasteiger partial charge is 0.302 e. The molecule has 6 nitrogen and oxygen atoms in total. The molecule has 1 saturated heterocycles. The van der Waals surface area contributed by atoms with Gasteiger partial charge in [0.15, 0.2) is 5.79 Å². The second kappa shape index (κ2) is 7.97. The molecular weight excluding hydrogens is 360 g/mol. The molecule has 1 heterocycles. The summed E-state index contributed by atoms with van der Waals surface area (Å²) >= 11 is 0. The average molecular weight is 388 g/mol. The second-order valence-electron chi connectivity index (χ2n) is 7.45. The molecule has 3 rings (SSSR count). The van der Waals surface area contributed by atoms with Crippen molar-refractivity contribution in [3.8, 4) is 11.5 Å². The highest BCUT2D eigenvalue weighted by atomic mass is 16.7. The monoisotopic (exact) mass is 388 g/mol. The number of hydrogen-bond donors (Lipinski definition) is 0. The van der Waals surface area contributed by atoms with Crippen LogP contribution in [-0.2, 0) is 25.4 Å². The summed E-state index contributed by atoms with van der Waals surface area (Å²) in [5, 5.41) is 1.88. The van der Waals surface area contributed by atoms with Gasteiger partial charge in [0.1, 0.15) is 23.7 Å². The van der Waals surface area contributed by atoms with Crippen molar-refractivity contribution in [2.45, 2.75) is 52.1 Å². The molecule has 0 radical (unpaired) electrons. The molecule has 0 aliphatic carbocycles. The van der Waals surface area contributed by atoms with Crippen LogP contribution in [-0.4, -0.2) is 38.7 Å². The minimum Gasteiger partial charge on any atom is -0.496 e. The van der Waals surface area contributed by atoms with E-state index in [1.54, 1.807) is 14.2 Å².